The highest BCUT2D eigenvalue weighted by molar-refractivity contribution is 5.93. The van der Waals surface area contributed by atoms with Gasteiger partial charge in [0, 0.05) is 17.1 Å². The molecule has 0 radical (unpaired) electrons. The molecule has 1 N–H and O–H groups in total. The van der Waals surface area contributed by atoms with Crippen molar-refractivity contribution in [2.24, 2.45) is 0 Å². The Labute approximate surface area is 126 Å². The van der Waals surface area contributed by atoms with Crippen LogP contribution in [0.2, 0.25) is 0 Å². The maximum atomic E-state index is 11.0. The molecule has 3 aromatic rings. The molecule has 22 heavy (non-hydrogen) atoms. The van der Waals surface area contributed by atoms with Crippen LogP contribution in [-0.4, -0.2) is 15.1 Å². The molecule has 6 nitrogen and oxygen atoms in total. The summed E-state index contributed by atoms with van der Waals surface area (Å²) in [7, 11) is 0. The molecule has 2 heterocycles. The first-order chi connectivity index (χ1) is 10.6. The zero-order valence-electron chi connectivity index (χ0n) is 12.3. The van der Waals surface area contributed by atoms with E-state index in [-0.39, 0.29) is 17.1 Å². The maximum Gasteiger partial charge on any atom is 0.338 e. The minimum Gasteiger partial charge on any atom is -0.360 e. The highest BCUT2D eigenvalue weighted by atomic mass is 16.6. The lowest BCUT2D eigenvalue weighted by atomic mass is 10.1. The van der Waals surface area contributed by atoms with Crippen molar-refractivity contribution >= 4 is 28.7 Å². The van der Waals surface area contributed by atoms with Crippen LogP contribution in [0.25, 0.3) is 23.1 Å². The van der Waals surface area contributed by atoms with Crippen LogP contribution in [0.3, 0.4) is 0 Å². The maximum absolute atomic E-state index is 11.0. The topological polar surface area (TPSA) is 85.0 Å². The van der Waals surface area contributed by atoms with Crippen LogP contribution >= 0.6 is 0 Å². The third-order valence-electron chi connectivity index (χ3n) is 3.67. The Morgan fingerprint density at radius 3 is 2.95 bits per heavy atom. The van der Waals surface area contributed by atoms with Gasteiger partial charge in [-0.2, -0.15) is 0 Å². The highest BCUT2D eigenvalue weighted by Crippen LogP contribution is 2.27. The lowest BCUT2D eigenvalue weighted by Gasteiger charge is -1.98. The summed E-state index contributed by atoms with van der Waals surface area (Å²) in [5, 5.41) is 15.8. The third-order valence-corrected chi connectivity index (χ3v) is 3.67. The van der Waals surface area contributed by atoms with Crippen LogP contribution < -0.4 is 0 Å². The van der Waals surface area contributed by atoms with Gasteiger partial charge in [-0.05, 0) is 36.6 Å². The van der Waals surface area contributed by atoms with E-state index in [1.807, 2.05) is 18.3 Å². The van der Waals surface area contributed by atoms with Crippen LogP contribution in [0, 0.1) is 17.0 Å². The molecule has 0 bridgehead atoms. The van der Waals surface area contributed by atoms with Crippen molar-refractivity contribution in [3.63, 3.8) is 0 Å². The van der Waals surface area contributed by atoms with Crippen LogP contribution in [0.4, 0.5) is 5.69 Å². The van der Waals surface area contributed by atoms with Crippen molar-refractivity contribution in [3.05, 3.63) is 57.1 Å². The lowest BCUT2D eigenvalue weighted by molar-refractivity contribution is -0.386. The van der Waals surface area contributed by atoms with E-state index in [0.29, 0.717) is 0 Å². The molecule has 112 valence electrons. The van der Waals surface area contributed by atoms with E-state index >= 15 is 0 Å². The molecule has 0 saturated carbocycles. The van der Waals surface area contributed by atoms with Crippen LogP contribution in [0.15, 0.2) is 28.9 Å². The Morgan fingerprint density at radius 2 is 2.23 bits per heavy atom. The van der Waals surface area contributed by atoms with Gasteiger partial charge in [0.2, 0.25) is 5.76 Å². The van der Waals surface area contributed by atoms with Gasteiger partial charge in [0.15, 0.2) is 5.69 Å². The van der Waals surface area contributed by atoms with Gasteiger partial charge in [-0.1, -0.05) is 30.3 Å². The number of H-pyrrole nitrogens is 1. The summed E-state index contributed by atoms with van der Waals surface area (Å²) in [6, 6.07) is 6.11. The number of aryl methyl sites for hydroxylation is 2. The quantitative estimate of drug-likeness (QED) is 0.580. The van der Waals surface area contributed by atoms with Crippen molar-refractivity contribution < 1.29 is 9.45 Å². The van der Waals surface area contributed by atoms with E-state index in [1.165, 1.54) is 5.56 Å². The molecule has 0 aliphatic carbocycles. The summed E-state index contributed by atoms with van der Waals surface area (Å²) in [4.78, 5) is 13.8. The number of benzene rings is 1. The van der Waals surface area contributed by atoms with Crippen molar-refractivity contribution in [2.45, 2.75) is 20.3 Å². The zero-order chi connectivity index (χ0) is 15.7. The van der Waals surface area contributed by atoms with Crippen LogP contribution in [0.1, 0.15) is 29.5 Å². The monoisotopic (exact) mass is 297 g/mol. The van der Waals surface area contributed by atoms with Gasteiger partial charge in [0.1, 0.15) is 0 Å². The Bertz CT molecular complexity index is 874. The predicted molar refractivity (Wildman–Crippen MR) is 84.5 cm³/mol. The van der Waals surface area contributed by atoms with Gasteiger partial charge in [-0.15, -0.1) is 0 Å². The van der Waals surface area contributed by atoms with E-state index in [4.69, 9.17) is 4.52 Å². The number of nitrogens with zero attached hydrogens (tertiary/aromatic N) is 2. The second-order valence-corrected chi connectivity index (χ2v) is 5.01. The second-order valence-electron chi connectivity index (χ2n) is 5.01. The molecule has 0 saturated heterocycles. The molecular weight excluding hydrogens is 282 g/mol. The minimum absolute atomic E-state index is 0.0923. The fraction of sp³-hybridized carbons (Fsp3) is 0.188. The van der Waals surface area contributed by atoms with E-state index in [9.17, 15) is 10.1 Å². The van der Waals surface area contributed by atoms with Crippen LogP contribution in [-0.2, 0) is 6.42 Å². The lowest BCUT2D eigenvalue weighted by Crippen LogP contribution is -1.90. The average Bonchev–Trinajstić information content (AvgIpc) is 3.08. The summed E-state index contributed by atoms with van der Waals surface area (Å²) in [6.07, 6.45) is 6.20. The summed E-state index contributed by atoms with van der Waals surface area (Å²) in [6.45, 7) is 3.66. The number of aromatic nitrogens is 2. The Morgan fingerprint density at radius 1 is 1.41 bits per heavy atom. The van der Waals surface area contributed by atoms with E-state index < -0.39 is 4.92 Å². The third kappa shape index (κ3) is 2.28. The number of nitrogens with one attached hydrogen (secondary N) is 1. The van der Waals surface area contributed by atoms with Gasteiger partial charge >= 0.3 is 5.69 Å². The minimum atomic E-state index is -0.476. The molecule has 6 heteroatoms. The number of hydrogen-bond acceptors (Lipinski definition) is 4. The van der Waals surface area contributed by atoms with E-state index in [2.05, 4.69) is 23.1 Å². The number of rotatable bonds is 4. The van der Waals surface area contributed by atoms with Gasteiger partial charge in [-0.25, -0.2) is 0 Å². The summed E-state index contributed by atoms with van der Waals surface area (Å²) >= 11 is 0. The first kappa shape index (κ1) is 14.1. The van der Waals surface area contributed by atoms with E-state index in [0.717, 1.165) is 22.9 Å². The average molecular weight is 297 g/mol. The first-order valence-corrected chi connectivity index (χ1v) is 6.99. The molecule has 0 atom stereocenters. The van der Waals surface area contributed by atoms with Gasteiger partial charge in [0.25, 0.3) is 0 Å². The predicted octanol–water partition coefficient (Wildman–Crippen LogP) is 4.11. The molecule has 0 unspecified atom stereocenters. The van der Waals surface area contributed by atoms with Gasteiger partial charge < -0.3 is 9.51 Å². The zero-order valence-corrected chi connectivity index (χ0v) is 12.3. The molecule has 0 aliphatic heterocycles. The Hall–Kier alpha value is -2.89. The molecule has 3 rings (SSSR count). The fourth-order valence-electron chi connectivity index (χ4n) is 2.55. The van der Waals surface area contributed by atoms with Gasteiger partial charge in [0.05, 0.1) is 4.92 Å². The number of para-hydroxylation sites is 1. The highest BCUT2D eigenvalue weighted by Gasteiger charge is 2.22. The summed E-state index contributed by atoms with van der Waals surface area (Å²) in [5.41, 5.74) is 3.46. The molecule has 1 aromatic carbocycles. The standard InChI is InChI=1S/C16H15N3O3/c1-3-11-5-4-6-13-12(9-17-15(11)13)7-8-14-16(19(20)21)10(2)18-22-14/h4-9,17H,3H2,1-2H3. The normalized spacial score (nSPS) is 11.5. The molecule has 0 amide bonds. The number of fused-ring (bicyclic) bond motifs is 1. The van der Waals surface area contributed by atoms with Crippen molar-refractivity contribution in [1.29, 1.82) is 0 Å². The molecular formula is C16H15N3O3. The van der Waals surface area contributed by atoms with E-state index in [1.54, 1.807) is 19.1 Å². The Balaban J connectivity index is 2.02. The SMILES string of the molecule is CCc1cccc2c(C=Cc3onc(C)c3[N+](=O)[O-])c[nH]c12. The molecule has 0 aliphatic rings. The number of aromatic amines is 1. The summed E-state index contributed by atoms with van der Waals surface area (Å²) < 4.78 is 5.02. The summed E-state index contributed by atoms with van der Waals surface area (Å²) in [5.74, 6) is 0.156. The second kappa shape index (κ2) is 5.48. The van der Waals surface area contributed by atoms with Crippen LogP contribution in [0.5, 0.6) is 0 Å². The first-order valence-electron chi connectivity index (χ1n) is 6.99. The van der Waals surface area contributed by atoms with Crippen molar-refractivity contribution in [3.8, 4) is 0 Å². The molecule has 0 fully saturated rings. The Kier molecular flexibility index (Phi) is 3.50. The molecule has 0 spiro atoms. The smallest absolute Gasteiger partial charge is 0.338 e. The largest absolute Gasteiger partial charge is 0.360 e. The number of nitro groups is 1. The van der Waals surface area contributed by atoms with Crippen molar-refractivity contribution in [1.82, 2.24) is 10.1 Å². The fourth-order valence-corrected chi connectivity index (χ4v) is 2.55. The van der Waals surface area contributed by atoms with Gasteiger partial charge in [-0.3, -0.25) is 10.1 Å². The number of hydrogen-bond donors (Lipinski definition) is 1. The molecule has 2 aromatic heterocycles. The van der Waals surface area contributed by atoms with Crippen molar-refractivity contribution in [2.75, 3.05) is 0 Å².